The van der Waals surface area contributed by atoms with E-state index in [0.29, 0.717) is 0 Å². The Kier molecular flexibility index (Phi) is 7.03. The molecule has 1 saturated heterocycles. The summed E-state index contributed by atoms with van der Waals surface area (Å²) in [5, 5.41) is 4.13. The number of halogens is 1. The van der Waals surface area contributed by atoms with Crippen LogP contribution in [0.1, 0.15) is 11.1 Å². The maximum atomic E-state index is 13.4. The van der Waals surface area contributed by atoms with Gasteiger partial charge in [-0.3, -0.25) is 10.3 Å². The molecule has 0 saturated carbocycles. The third kappa shape index (κ3) is 5.87. The summed E-state index contributed by atoms with van der Waals surface area (Å²) in [7, 11) is 0. The normalized spacial score (nSPS) is 14.6. The highest BCUT2D eigenvalue weighted by Gasteiger charge is 2.18. The van der Waals surface area contributed by atoms with Crippen LogP contribution in [0.2, 0.25) is 0 Å². The molecule has 2 aromatic carbocycles. The number of nitrogens with one attached hydrogen (secondary N) is 1. The van der Waals surface area contributed by atoms with Crippen LogP contribution in [-0.4, -0.2) is 47.4 Å². The van der Waals surface area contributed by atoms with Gasteiger partial charge in [-0.05, 0) is 59.2 Å². The maximum Gasteiger partial charge on any atom is 0.184 e. The van der Waals surface area contributed by atoms with Crippen molar-refractivity contribution in [2.24, 2.45) is 10.8 Å². The average Bonchev–Trinajstić information content (AvgIpc) is 2.80. The lowest BCUT2D eigenvalue weighted by Crippen LogP contribution is -2.46. The number of piperazine rings is 1. The number of rotatable bonds is 6. The highest BCUT2D eigenvalue weighted by Crippen LogP contribution is 2.22. The highest BCUT2D eigenvalue weighted by atomic mass is 32.1. The fourth-order valence-corrected chi connectivity index (χ4v) is 3.79. The molecule has 0 atom stereocenters. The van der Waals surface area contributed by atoms with Crippen LogP contribution in [0, 0.1) is 5.82 Å². The fourth-order valence-electron chi connectivity index (χ4n) is 3.74. The molecule has 1 aromatic heterocycles. The quantitative estimate of drug-likeness (QED) is 0.342. The molecule has 164 valence electrons. The molecule has 3 aromatic rings. The van der Waals surface area contributed by atoms with Gasteiger partial charge in [0.05, 0.1) is 6.21 Å². The molecule has 32 heavy (non-hydrogen) atoms. The predicted molar refractivity (Wildman–Crippen MR) is 131 cm³/mol. The topological polar surface area (TPSA) is 69.8 Å². The summed E-state index contributed by atoms with van der Waals surface area (Å²) in [6.45, 7) is 4.39. The van der Waals surface area contributed by atoms with Crippen LogP contribution in [0.3, 0.4) is 0 Å². The minimum Gasteiger partial charge on any atom is -0.375 e. The number of hydrogen-bond donors (Lipinski definition) is 2. The fraction of sp³-hybridized carbons (Fsp3) is 0.208. The van der Waals surface area contributed by atoms with Gasteiger partial charge < -0.3 is 10.6 Å². The second-order valence-corrected chi connectivity index (χ2v) is 8.10. The summed E-state index contributed by atoms with van der Waals surface area (Å²) in [6, 6.07) is 19.0. The summed E-state index contributed by atoms with van der Waals surface area (Å²) in [5.41, 5.74) is 12.0. The van der Waals surface area contributed by atoms with Crippen molar-refractivity contribution in [2.75, 3.05) is 31.1 Å². The van der Waals surface area contributed by atoms with Gasteiger partial charge in [-0.25, -0.2) is 9.37 Å². The van der Waals surface area contributed by atoms with E-state index in [0.717, 1.165) is 60.8 Å². The SMILES string of the molecule is NC(=S)N/N=C/c1cccc(-c2ccc(N3CCN(Cc4cccc(F)c4)CC3)nc2)c1. The molecule has 0 aliphatic carbocycles. The van der Waals surface area contributed by atoms with E-state index >= 15 is 0 Å². The van der Waals surface area contributed by atoms with Crippen molar-refractivity contribution >= 4 is 29.4 Å². The number of benzene rings is 2. The second kappa shape index (κ2) is 10.3. The summed E-state index contributed by atoms with van der Waals surface area (Å²) in [5.74, 6) is 0.789. The van der Waals surface area contributed by atoms with Gasteiger partial charge >= 0.3 is 0 Å². The van der Waals surface area contributed by atoms with Gasteiger partial charge in [-0.1, -0.05) is 30.3 Å². The number of thiocarbonyl (C=S) groups is 1. The molecule has 0 bridgehead atoms. The van der Waals surface area contributed by atoms with E-state index in [9.17, 15) is 4.39 Å². The molecular weight excluding hydrogens is 423 g/mol. The Morgan fingerprint density at radius 1 is 1.06 bits per heavy atom. The average molecular weight is 449 g/mol. The zero-order chi connectivity index (χ0) is 22.3. The van der Waals surface area contributed by atoms with Crippen molar-refractivity contribution in [3.8, 4) is 11.1 Å². The van der Waals surface area contributed by atoms with E-state index in [1.54, 1.807) is 18.3 Å². The molecule has 8 heteroatoms. The molecule has 1 fully saturated rings. The maximum absolute atomic E-state index is 13.4. The summed E-state index contributed by atoms with van der Waals surface area (Å²) in [6.07, 6.45) is 3.58. The molecule has 0 unspecified atom stereocenters. The Hall–Kier alpha value is -3.36. The van der Waals surface area contributed by atoms with Gasteiger partial charge in [-0.2, -0.15) is 5.10 Å². The van der Waals surface area contributed by atoms with Crippen molar-refractivity contribution in [2.45, 2.75) is 6.54 Å². The minimum absolute atomic E-state index is 0.131. The third-order valence-electron chi connectivity index (χ3n) is 5.35. The molecule has 1 aliphatic heterocycles. The largest absolute Gasteiger partial charge is 0.375 e. The van der Waals surface area contributed by atoms with Gasteiger partial charge in [0.25, 0.3) is 0 Å². The molecule has 0 spiro atoms. The zero-order valence-electron chi connectivity index (χ0n) is 17.6. The van der Waals surface area contributed by atoms with Crippen molar-refractivity contribution in [1.82, 2.24) is 15.3 Å². The Bertz CT molecular complexity index is 1090. The summed E-state index contributed by atoms with van der Waals surface area (Å²) < 4.78 is 13.4. The molecular formula is C24H25FN6S. The Labute approximate surface area is 192 Å². The van der Waals surface area contributed by atoms with E-state index in [2.05, 4.69) is 32.5 Å². The van der Waals surface area contributed by atoms with Gasteiger partial charge in [0.2, 0.25) is 0 Å². The molecule has 1 aliphatic rings. The number of pyridine rings is 1. The van der Waals surface area contributed by atoms with Gasteiger partial charge in [0, 0.05) is 44.5 Å². The number of nitrogens with zero attached hydrogens (tertiary/aromatic N) is 4. The van der Waals surface area contributed by atoms with Crippen LogP contribution in [0.25, 0.3) is 11.1 Å². The van der Waals surface area contributed by atoms with Crippen LogP contribution in [-0.2, 0) is 6.54 Å². The molecule has 0 radical (unpaired) electrons. The zero-order valence-corrected chi connectivity index (χ0v) is 18.4. The summed E-state index contributed by atoms with van der Waals surface area (Å²) >= 11 is 4.74. The number of nitrogens with two attached hydrogens (primary N) is 1. The van der Waals surface area contributed by atoms with E-state index in [-0.39, 0.29) is 10.9 Å². The van der Waals surface area contributed by atoms with Crippen molar-refractivity contribution < 1.29 is 4.39 Å². The van der Waals surface area contributed by atoms with E-state index in [1.165, 1.54) is 6.07 Å². The van der Waals surface area contributed by atoms with Gasteiger partial charge in [-0.15, -0.1) is 0 Å². The van der Waals surface area contributed by atoms with E-state index in [4.69, 9.17) is 22.9 Å². The van der Waals surface area contributed by atoms with Crippen molar-refractivity contribution in [3.63, 3.8) is 0 Å². The molecule has 0 amide bonds. The van der Waals surface area contributed by atoms with Crippen molar-refractivity contribution in [3.05, 3.63) is 83.8 Å². The number of aromatic nitrogens is 1. The molecule has 2 heterocycles. The second-order valence-electron chi connectivity index (χ2n) is 7.66. The first kappa shape index (κ1) is 21.9. The highest BCUT2D eigenvalue weighted by molar-refractivity contribution is 7.80. The lowest BCUT2D eigenvalue weighted by Gasteiger charge is -2.35. The smallest absolute Gasteiger partial charge is 0.184 e. The first-order chi connectivity index (χ1) is 15.6. The first-order valence-corrected chi connectivity index (χ1v) is 10.8. The molecule has 4 rings (SSSR count). The standard InChI is InChI=1S/C24H25FN6S/c25-22-6-2-4-19(14-22)17-30-9-11-31(12-10-30)23-8-7-21(16-27-23)20-5-1-3-18(13-20)15-28-29-24(26)32/h1-8,13-16H,9-12,17H2,(H3,26,29,32)/b28-15+. The van der Waals surface area contributed by atoms with Crippen LogP contribution in [0.4, 0.5) is 10.2 Å². The van der Waals surface area contributed by atoms with Gasteiger partial charge in [0.15, 0.2) is 5.11 Å². The number of hydrogen-bond acceptors (Lipinski definition) is 5. The third-order valence-corrected chi connectivity index (χ3v) is 5.44. The Morgan fingerprint density at radius 2 is 1.88 bits per heavy atom. The van der Waals surface area contributed by atoms with Gasteiger partial charge in [0.1, 0.15) is 11.6 Å². The van der Waals surface area contributed by atoms with Crippen molar-refractivity contribution in [1.29, 1.82) is 0 Å². The molecule has 6 nitrogen and oxygen atoms in total. The monoisotopic (exact) mass is 448 g/mol. The number of hydrazone groups is 1. The molecule has 3 N–H and O–H groups in total. The minimum atomic E-state index is -0.181. The van der Waals surface area contributed by atoms with Crippen LogP contribution >= 0.6 is 12.2 Å². The summed E-state index contributed by atoms with van der Waals surface area (Å²) in [4.78, 5) is 9.33. The van der Waals surface area contributed by atoms with E-state index in [1.807, 2.05) is 36.5 Å². The predicted octanol–water partition coefficient (Wildman–Crippen LogP) is 3.38. The first-order valence-electron chi connectivity index (χ1n) is 10.4. The van der Waals surface area contributed by atoms with Crippen LogP contribution in [0.15, 0.2) is 72.0 Å². The van der Waals surface area contributed by atoms with Crippen LogP contribution < -0.4 is 16.1 Å². The van der Waals surface area contributed by atoms with E-state index < -0.39 is 0 Å². The lowest BCUT2D eigenvalue weighted by atomic mass is 10.1. The lowest BCUT2D eigenvalue weighted by molar-refractivity contribution is 0.249. The Morgan fingerprint density at radius 3 is 2.59 bits per heavy atom. The number of anilines is 1. The Balaban J connectivity index is 1.35. The van der Waals surface area contributed by atoms with Crippen LogP contribution in [0.5, 0.6) is 0 Å².